The lowest BCUT2D eigenvalue weighted by Crippen LogP contribution is -2.28. The van der Waals surface area contributed by atoms with Gasteiger partial charge in [0.1, 0.15) is 12.2 Å². The zero-order valence-corrected chi connectivity index (χ0v) is 11.3. The van der Waals surface area contributed by atoms with Gasteiger partial charge in [-0.15, -0.1) is 0 Å². The fourth-order valence-electron chi connectivity index (χ4n) is 1.65. The maximum absolute atomic E-state index is 5.45. The minimum absolute atomic E-state index is 0.237. The molecule has 0 saturated carbocycles. The van der Waals surface area contributed by atoms with Crippen molar-refractivity contribution in [2.45, 2.75) is 46.9 Å². The van der Waals surface area contributed by atoms with Crippen LogP contribution in [0.15, 0.2) is 6.33 Å². The second-order valence-corrected chi connectivity index (χ2v) is 4.65. The Balaban J connectivity index is 2.33. The van der Waals surface area contributed by atoms with Crippen LogP contribution in [0, 0.1) is 5.92 Å². The van der Waals surface area contributed by atoms with E-state index in [0.717, 1.165) is 32.1 Å². The minimum Gasteiger partial charge on any atom is -0.377 e. The molecule has 1 atom stereocenters. The third-order valence-electron chi connectivity index (χ3n) is 2.40. The van der Waals surface area contributed by atoms with Crippen LogP contribution in [-0.2, 0) is 17.8 Å². The van der Waals surface area contributed by atoms with Crippen molar-refractivity contribution in [3.05, 3.63) is 12.2 Å². The summed E-state index contributed by atoms with van der Waals surface area (Å²) in [6.45, 7) is 11.7. The van der Waals surface area contributed by atoms with E-state index in [9.17, 15) is 0 Å². The molecule has 1 aromatic heterocycles. The van der Waals surface area contributed by atoms with Gasteiger partial charge in [-0.05, 0) is 19.8 Å². The molecule has 5 nitrogen and oxygen atoms in total. The molecule has 0 radical (unpaired) electrons. The van der Waals surface area contributed by atoms with Gasteiger partial charge in [-0.1, -0.05) is 13.8 Å². The first kappa shape index (κ1) is 14.1. The SMILES string of the molecule is CCOC(C)CNCc1ncnn1CC(C)C. The van der Waals surface area contributed by atoms with Crippen LogP contribution in [0.1, 0.15) is 33.5 Å². The predicted octanol–water partition coefficient (Wildman–Crippen LogP) is 1.45. The summed E-state index contributed by atoms with van der Waals surface area (Å²) in [7, 11) is 0. The Morgan fingerprint density at radius 1 is 1.41 bits per heavy atom. The fourth-order valence-corrected chi connectivity index (χ4v) is 1.65. The van der Waals surface area contributed by atoms with Crippen LogP contribution < -0.4 is 5.32 Å². The molecule has 1 rings (SSSR count). The molecule has 17 heavy (non-hydrogen) atoms. The number of rotatable bonds is 8. The first-order valence-electron chi connectivity index (χ1n) is 6.32. The summed E-state index contributed by atoms with van der Waals surface area (Å²) in [6, 6.07) is 0. The lowest BCUT2D eigenvalue weighted by atomic mass is 10.2. The molecule has 0 aliphatic rings. The molecule has 0 amide bonds. The molecule has 98 valence electrons. The number of hydrogen-bond donors (Lipinski definition) is 1. The van der Waals surface area contributed by atoms with Gasteiger partial charge in [0.15, 0.2) is 0 Å². The maximum Gasteiger partial charge on any atom is 0.140 e. The monoisotopic (exact) mass is 240 g/mol. The molecular formula is C12H24N4O. The standard InChI is InChI=1S/C12H24N4O/c1-5-17-11(4)6-13-7-12-14-9-15-16(12)8-10(2)3/h9-11,13H,5-8H2,1-4H3. The Hall–Kier alpha value is -0.940. The summed E-state index contributed by atoms with van der Waals surface area (Å²) in [5, 5.41) is 7.56. The summed E-state index contributed by atoms with van der Waals surface area (Å²) >= 11 is 0. The van der Waals surface area contributed by atoms with Gasteiger partial charge in [0.05, 0.1) is 12.6 Å². The molecule has 0 aliphatic carbocycles. The van der Waals surface area contributed by atoms with Crippen LogP contribution >= 0.6 is 0 Å². The van der Waals surface area contributed by atoms with Gasteiger partial charge in [-0.2, -0.15) is 5.10 Å². The van der Waals surface area contributed by atoms with E-state index in [2.05, 4.69) is 36.2 Å². The molecule has 1 heterocycles. The average Bonchev–Trinajstić information content (AvgIpc) is 2.65. The van der Waals surface area contributed by atoms with E-state index in [1.807, 2.05) is 11.6 Å². The van der Waals surface area contributed by atoms with Gasteiger partial charge in [0, 0.05) is 19.7 Å². The highest BCUT2D eigenvalue weighted by atomic mass is 16.5. The quantitative estimate of drug-likeness (QED) is 0.747. The van der Waals surface area contributed by atoms with E-state index in [-0.39, 0.29) is 6.10 Å². The Bertz CT molecular complexity index is 311. The van der Waals surface area contributed by atoms with Crippen LogP contribution in [0.2, 0.25) is 0 Å². The third-order valence-corrected chi connectivity index (χ3v) is 2.40. The maximum atomic E-state index is 5.45. The molecule has 5 heteroatoms. The zero-order valence-electron chi connectivity index (χ0n) is 11.3. The highest BCUT2D eigenvalue weighted by Crippen LogP contribution is 2.01. The molecule has 0 aliphatic heterocycles. The number of ether oxygens (including phenoxy) is 1. The van der Waals surface area contributed by atoms with E-state index in [1.165, 1.54) is 0 Å². The zero-order chi connectivity index (χ0) is 12.7. The first-order valence-corrected chi connectivity index (χ1v) is 6.32. The predicted molar refractivity (Wildman–Crippen MR) is 67.7 cm³/mol. The topological polar surface area (TPSA) is 52.0 Å². The Labute approximate surface area is 104 Å². The minimum atomic E-state index is 0.237. The van der Waals surface area contributed by atoms with Crippen molar-refractivity contribution in [2.75, 3.05) is 13.2 Å². The number of nitrogens with zero attached hydrogens (tertiary/aromatic N) is 3. The van der Waals surface area contributed by atoms with Crippen molar-refractivity contribution in [2.24, 2.45) is 5.92 Å². The van der Waals surface area contributed by atoms with Crippen molar-refractivity contribution in [1.29, 1.82) is 0 Å². The molecule has 0 fully saturated rings. The highest BCUT2D eigenvalue weighted by molar-refractivity contribution is 4.84. The van der Waals surface area contributed by atoms with Crippen molar-refractivity contribution in [1.82, 2.24) is 20.1 Å². The molecule has 1 aromatic rings. The molecule has 1 unspecified atom stereocenters. The molecule has 0 aromatic carbocycles. The van der Waals surface area contributed by atoms with Crippen molar-refractivity contribution in [3.8, 4) is 0 Å². The summed E-state index contributed by atoms with van der Waals surface area (Å²) in [4.78, 5) is 4.26. The highest BCUT2D eigenvalue weighted by Gasteiger charge is 2.06. The van der Waals surface area contributed by atoms with Gasteiger partial charge in [-0.3, -0.25) is 0 Å². The van der Waals surface area contributed by atoms with Crippen LogP contribution in [-0.4, -0.2) is 34.0 Å². The van der Waals surface area contributed by atoms with Crippen molar-refractivity contribution in [3.63, 3.8) is 0 Å². The van der Waals surface area contributed by atoms with Gasteiger partial charge in [-0.25, -0.2) is 9.67 Å². The van der Waals surface area contributed by atoms with E-state index < -0.39 is 0 Å². The lowest BCUT2D eigenvalue weighted by molar-refractivity contribution is 0.0757. The smallest absolute Gasteiger partial charge is 0.140 e. The molecule has 0 spiro atoms. The van der Waals surface area contributed by atoms with Gasteiger partial charge in [0.2, 0.25) is 0 Å². The first-order chi connectivity index (χ1) is 8.13. The van der Waals surface area contributed by atoms with E-state index in [1.54, 1.807) is 6.33 Å². The molecule has 0 bridgehead atoms. The largest absolute Gasteiger partial charge is 0.377 e. The molecule has 0 saturated heterocycles. The normalized spacial score (nSPS) is 13.2. The Morgan fingerprint density at radius 2 is 2.18 bits per heavy atom. The van der Waals surface area contributed by atoms with Crippen molar-refractivity contribution >= 4 is 0 Å². The van der Waals surface area contributed by atoms with E-state index in [0.29, 0.717) is 5.92 Å². The number of aromatic nitrogens is 3. The summed E-state index contributed by atoms with van der Waals surface area (Å²) in [5.74, 6) is 1.57. The number of nitrogens with one attached hydrogen (secondary N) is 1. The van der Waals surface area contributed by atoms with Crippen molar-refractivity contribution < 1.29 is 4.74 Å². The third kappa shape index (κ3) is 5.28. The van der Waals surface area contributed by atoms with Crippen LogP contribution in [0.25, 0.3) is 0 Å². The molecular weight excluding hydrogens is 216 g/mol. The number of hydrogen-bond acceptors (Lipinski definition) is 4. The van der Waals surface area contributed by atoms with Crippen LogP contribution in [0.5, 0.6) is 0 Å². The van der Waals surface area contributed by atoms with Crippen LogP contribution in [0.3, 0.4) is 0 Å². The summed E-state index contributed by atoms with van der Waals surface area (Å²) in [6.07, 6.45) is 1.85. The Morgan fingerprint density at radius 3 is 2.82 bits per heavy atom. The fraction of sp³-hybridized carbons (Fsp3) is 0.833. The van der Waals surface area contributed by atoms with E-state index >= 15 is 0 Å². The second-order valence-electron chi connectivity index (χ2n) is 4.65. The summed E-state index contributed by atoms with van der Waals surface area (Å²) < 4.78 is 7.41. The van der Waals surface area contributed by atoms with Gasteiger partial charge >= 0.3 is 0 Å². The second kappa shape index (κ2) is 7.40. The Kier molecular flexibility index (Phi) is 6.15. The average molecular weight is 240 g/mol. The van der Waals surface area contributed by atoms with Gasteiger partial charge < -0.3 is 10.1 Å². The summed E-state index contributed by atoms with van der Waals surface area (Å²) in [5.41, 5.74) is 0. The molecule has 1 N–H and O–H groups in total. The van der Waals surface area contributed by atoms with Gasteiger partial charge in [0.25, 0.3) is 0 Å². The lowest BCUT2D eigenvalue weighted by Gasteiger charge is -2.13. The van der Waals surface area contributed by atoms with E-state index in [4.69, 9.17) is 4.74 Å². The van der Waals surface area contributed by atoms with Crippen LogP contribution in [0.4, 0.5) is 0 Å².